The highest BCUT2D eigenvalue weighted by Gasteiger charge is 2.19. The van der Waals surface area contributed by atoms with Gasteiger partial charge in [-0.1, -0.05) is 41.7 Å². The van der Waals surface area contributed by atoms with Crippen LogP contribution in [0.4, 0.5) is 5.13 Å². The Morgan fingerprint density at radius 1 is 1.10 bits per heavy atom. The molecule has 2 nitrogen and oxygen atoms in total. The Bertz CT molecular complexity index is 819. The van der Waals surface area contributed by atoms with E-state index in [0.29, 0.717) is 0 Å². The number of anilines is 1. The van der Waals surface area contributed by atoms with Gasteiger partial charge in [0.1, 0.15) is 0 Å². The second-order valence-electron chi connectivity index (χ2n) is 5.87. The fourth-order valence-corrected chi connectivity index (χ4v) is 4.20. The van der Waals surface area contributed by atoms with Crippen LogP contribution in [-0.4, -0.2) is 11.5 Å². The van der Waals surface area contributed by atoms with Gasteiger partial charge in [0, 0.05) is 13.1 Å². The van der Waals surface area contributed by atoms with Crippen molar-refractivity contribution in [2.75, 3.05) is 11.4 Å². The fourth-order valence-electron chi connectivity index (χ4n) is 3.16. The van der Waals surface area contributed by atoms with Gasteiger partial charge in [-0.25, -0.2) is 4.98 Å². The van der Waals surface area contributed by atoms with E-state index in [4.69, 9.17) is 4.98 Å². The van der Waals surface area contributed by atoms with E-state index >= 15 is 0 Å². The zero-order chi connectivity index (χ0) is 14.4. The molecule has 0 saturated heterocycles. The van der Waals surface area contributed by atoms with Crippen LogP contribution in [-0.2, 0) is 13.0 Å². The molecule has 0 amide bonds. The SMILES string of the molecule is Cc1cc(C)c2sc(N3CCc4ccccc4C3)nc2c1. The first kappa shape index (κ1) is 12.8. The van der Waals surface area contributed by atoms with Crippen molar-refractivity contribution in [1.29, 1.82) is 0 Å². The topological polar surface area (TPSA) is 16.1 Å². The van der Waals surface area contributed by atoms with E-state index in [1.165, 1.54) is 27.0 Å². The van der Waals surface area contributed by atoms with Crippen molar-refractivity contribution in [3.05, 3.63) is 58.7 Å². The molecule has 1 aliphatic rings. The largest absolute Gasteiger partial charge is 0.343 e. The Morgan fingerprint density at radius 3 is 2.76 bits per heavy atom. The third-order valence-electron chi connectivity index (χ3n) is 4.21. The summed E-state index contributed by atoms with van der Waals surface area (Å²) in [6.07, 6.45) is 1.12. The predicted molar refractivity (Wildman–Crippen MR) is 90.3 cm³/mol. The molecule has 0 unspecified atom stereocenters. The van der Waals surface area contributed by atoms with E-state index in [0.717, 1.165) is 30.2 Å². The molecule has 21 heavy (non-hydrogen) atoms. The Kier molecular flexibility index (Phi) is 2.96. The van der Waals surface area contributed by atoms with Gasteiger partial charge in [-0.2, -0.15) is 0 Å². The first-order valence-electron chi connectivity index (χ1n) is 7.40. The molecule has 1 aromatic heterocycles. The van der Waals surface area contributed by atoms with E-state index in [-0.39, 0.29) is 0 Å². The lowest BCUT2D eigenvalue weighted by atomic mass is 10.0. The van der Waals surface area contributed by atoms with Gasteiger partial charge in [0.2, 0.25) is 0 Å². The van der Waals surface area contributed by atoms with E-state index in [1.807, 2.05) is 11.3 Å². The number of thiazole rings is 1. The highest BCUT2D eigenvalue weighted by molar-refractivity contribution is 7.22. The Morgan fingerprint density at radius 2 is 1.90 bits per heavy atom. The van der Waals surface area contributed by atoms with Crippen molar-refractivity contribution in [3.63, 3.8) is 0 Å². The average molecular weight is 294 g/mol. The molecule has 0 radical (unpaired) electrons. The fraction of sp³-hybridized carbons (Fsp3) is 0.278. The zero-order valence-corrected chi connectivity index (χ0v) is 13.2. The van der Waals surface area contributed by atoms with Crippen LogP contribution in [0.3, 0.4) is 0 Å². The van der Waals surface area contributed by atoms with E-state index in [1.54, 1.807) is 0 Å². The summed E-state index contributed by atoms with van der Waals surface area (Å²) >= 11 is 1.83. The molecule has 1 aliphatic heterocycles. The molecule has 0 saturated carbocycles. The van der Waals surface area contributed by atoms with Crippen molar-refractivity contribution in [2.45, 2.75) is 26.8 Å². The third kappa shape index (κ3) is 2.22. The molecule has 2 aromatic carbocycles. The van der Waals surface area contributed by atoms with Crippen LogP contribution in [0.15, 0.2) is 36.4 Å². The minimum atomic E-state index is 0.980. The lowest BCUT2D eigenvalue weighted by Gasteiger charge is -2.28. The molecule has 0 aliphatic carbocycles. The van der Waals surface area contributed by atoms with Crippen LogP contribution in [0.25, 0.3) is 10.2 Å². The summed E-state index contributed by atoms with van der Waals surface area (Å²) in [7, 11) is 0. The number of aryl methyl sites for hydroxylation is 2. The quantitative estimate of drug-likeness (QED) is 0.658. The normalized spacial score (nSPS) is 14.5. The molecule has 2 heterocycles. The van der Waals surface area contributed by atoms with E-state index in [9.17, 15) is 0 Å². The number of rotatable bonds is 1. The summed E-state index contributed by atoms with van der Waals surface area (Å²) in [6, 6.07) is 13.2. The lowest BCUT2D eigenvalue weighted by Crippen LogP contribution is -2.30. The van der Waals surface area contributed by atoms with Crippen LogP contribution in [0.5, 0.6) is 0 Å². The Hall–Kier alpha value is -1.87. The number of nitrogens with zero attached hydrogens (tertiary/aromatic N) is 2. The summed E-state index contributed by atoms with van der Waals surface area (Å²) < 4.78 is 1.33. The van der Waals surface area contributed by atoms with Crippen LogP contribution < -0.4 is 4.90 Å². The number of hydrogen-bond donors (Lipinski definition) is 0. The first-order chi connectivity index (χ1) is 10.2. The van der Waals surface area contributed by atoms with Gasteiger partial charge in [0.05, 0.1) is 10.2 Å². The second-order valence-corrected chi connectivity index (χ2v) is 6.84. The van der Waals surface area contributed by atoms with E-state index in [2.05, 4.69) is 55.1 Å². The molecule has 0 N–H and O–H groups in total. The summed E-state index contributed by atoms with van der Waals surface area (Å²) in [5.74, 6) is 0. The maximum Gasteiger partial charge on any atom is 0.186 e. The maximum atomic E-state index is 4.88. The molecule has 106 valence electrons. The van der Waals surface area contributed by atoms with Crippen molar-refractivity contribution in [1.82, 2.24) is 4.98 Å². The number of aromatic nitrogens is 1. The standard InChI is InChI=1S/C18H18N2S/c1-12-9-13(2)17-16(10-12)19-18(21-17)20-8-7-14-5-3-4-6-15(14)11-20/h3-6,9-10H,7-8,11H2,1-2H3. The maximum absolute atomic E-state index is 4.88. The first-order valence-corrected chi connectivity index (χ1v) is 8.22. The van der Waals surface area contributed by atoms with Crippen LogP contribution in [0, 0.1) is 13.8 Å². The molecule has 3 heteroatoms. The highest BCUT2D eigenvalue weighted by atomic mass is 32.1. The van der Waals surface area contributed by atoms with Gasteiger partial charge in [0.25, 0.3) is 0 Å². The lowest BCUT2D eigenvalue weighted by molar-refractivity contribution is 0.730. The van der Waals surface area contributed by atoms with E-state index < -0.39 is 0 Å². The van der Waals surface area contributed by atoms with Gasteiger partial charge in [-0.15, -0.1) is 0 Å². The van der Waals surface area contributed by atoms with Crippen LogP contribution in [0.2, 0.25) is 0 Å². The van der Waals surface area contributed by atoms with Gasteiger partial charge >= 0.3 is 0 Å². The average Bonchev–Trinajstić information content (AvgIpc) is 2.91. The molecule has 4 rings (SSSR count). The summed E-state index contributed by atoms with van der Waals surface area (Å²) in [6.45, 7) is 6.37. The van der Waals surface area contributed by atoms with Crippen molar-refractivity contribution >= 4 is 26.7 Å². The summed E-state index contributed by atoms with van der Waals surface area (Å²) in [5.41, 5.74) is 6.70. The molecule has 0 fully saturated rings. The Labute approximate surface area is 129 Å². The summed E-state index contributed by atoms with van der Waals surface area (Å²) in [5, 5.41) is 1.16. The number of benzene rings is 2. The molecular formula is C18H18N2S. The Balaban J connectivity index is 1.73. The monoisotopic (exact) mass is 294 g/mol. The number of hydrogen-bond acceptors (Lipinski definition) is 3. The summed E-state index contributed by atoms with van der Waals surface area (Å²) in [4.78, 5) is 7.29. The smallest absolute Gasteiger partial charge is 0.186 e. The molecule has 3 aromatic rings. The molecule has 0 spiro atoms. The predicted octanol–water partition coefficient (Wildman–Crippen LogP) is 4.48. The highest BCUT2D eigenvalue weighted by Crippen LogP contribution is 2.34. The molecular weight excluding hydrogens is 276 g/mol. The molecule has 0 bridgehead atoms. The van der Waals surface area contributed by atoms with Gasteiger partial charge in [-0.05, 0) is 48.6 Å². The van der Waals surface area contributed by atoms with Crippen molar-refractivity contribution < 1.29 is 0 Å². The van der Waals surface area contributed by atoms with Crippen LogP contribution >= 0.6 is 11.3 Å². The third-order valence-corrected chi connectivity index (χ3v) is 5.48. The van der Waals surface area contributed by atoms with Gasteiger partial charge < -0.3 is 4.90 Å². The zero-order valence-electron chi connectivity index (χ0n) is 12.4. The second kappa shape index (κ2) is 4.85. The van der Waals surface area contributed by atoms with Gasteiger partial charge in [0.15, 0.2) is 5.13 Å². The minimum Gasteiger partial charge on any atom is -0.343 e. The van der Waals surface area contributed by atoms with Crippen molar-refractivity contribution in [2.24, 2.45) is 0 Å². The number of fused-ring (bicyclic) bond motifs is 2. The molecule has 0 atom stereocenters. The van der Waals surface area contributed by atoms with Crippen molar-refractivity contribution in [3.8, 4) is 0 Å². The minimum absolute atomic E-state index is 0.980. The van der Waals surface area contributed by atoms with Crippen LogP contribution in [0.1, 0.15) is 22.3 Å². The van der Waals surface area contributed by atoms with Gasteiger partial charge in [-0.3, -0.25) is 0 Å².